The van der Waals surface area contributed by atoms with Crippen molar-refractivity contribution in [1.29, 1.82) is 0 Å². The number of para-hydroxylation sites is 1. The fraction of sp³-hybridized carbons (Fsp3) is 0.0577. The largest absolute Gasteiger partial charge is 0.454 e. The van der Waals surface area contributed by atoms with Crippen LogP contribution in [-0.4, -0.2) is 15.0 Å². The second-order valence-electron chi connectivity index (χ2n) is 15.2. The number of hydrogen-bond acceptors (Lipinski definition) is 4. The summed E-state index contributed by atoms with van der Waals surface area (Å²) >= 11 is 0. The van der Waals surface area contributed by atoms with Gasteiger partial charge in [-0.05, 0) is 63.7 Å². The highest BCUT2D eigenvalue weighted by molar-refractivity contribution is 6.16. The first-order valence-corrected chi connectivity index (χ1v) is 19.1. The van der Waals surface area contributed by atoms with E-state index in [9.17, 15) is 0 Å². The van der Waals surface area contributed by atoms with Crippen LogP contribution in [0.1, 0.15) is 25.0 Å². The highest BCUT2D eigenvalue weighted by Crippen LogP contribution is 2.49. The lowest BCUT2D eigenvalue weighted by molar-refractivity contribution is 0.660. The van der Waals surface area contributed by atoms with Gasteiger partial charge in [0.15, 0.2) is 11.4 Å². The molecule has 0 N–H and O–H groups in total. The van der Waals surface area contributed by atoms with Crippen LogP contribution in [0.15, 0.2) is 180 Å². The van der Waals surface area contributed by atoms with Crippen LogP contribution in [0.2, 0.25) is 0 Å². The minimum atomic E-state index is -0.133. The van der Waals surface area contributed by atoms with E-state index in [-0.39, 0.29) is 5.41 Å². The van der Waals surface area contributed by atoms with E-state index in [1.807, 2.05) is 24.3 Å². The summed E-state index contributed by atoms with van der Waals surface area (Å²) in [5, 5.41) is 3.12. The van der Waals surface area contributed by atoms with E-state index in [0.29, 0.717) is 5.82 Å². The average molecular weight is 718 g/mol. The van der Waals surface area contributed by atoms with Gasteiger partial charge in [-0.15, -0.1) is 0 Å². The Morgan fingerprint density at radius 1 is 0.411 bits per heavy atom. The van der Waals surface area contributed by atoms with Crippen LogP contribution in [0.5, 0.6) is 0 Å². The van der Waals surface area contributed by atoms with Crippen LogP contribution < -0.4 is 0 Å². The molecular formula is C52H35N3O. The molecule has 11 rings (SSSR count). The fourth-order valence-electron chi connectivity index (χ4n) is 8.61. The molecule has 0 unspecified atom stereocenters. The second kappa shape index (κ2) is 12.4. The number of benzene rings is 7. The van der Waals surface area contributed by atoms with Gasteiger partial charge in [-0.2, -0.15) is 0 Å². The molecule has 3 heterocycles. The normalized spacial score (nSPS) is 13.0. The first-order chi connectivity index (χ1) is 27.5. The summed E-state index contributed by atoms with van der Waals surface area (Å²) in [4.78, 5) is 15.8. The molecule has 0 aliphatic heterocycles. The summed E-state index contributed by atoms with van der Waals surface area (Å²) in [6.45, 7) is 4.62. The zero-order valence-corrected chi connectivity index (χ0v) is 31.0. The predicted molar refractivity (Wildman–Crippen MR) is 229 cm³/mol. The van der Waals surface area contributed by atoms with Crippen molar-refractivity contribution < 1.29 is 4.42 Å². The third-order valence-electron chi connectivity index (χ3n) is 11.5. The molecule has 0 radical (unpaired) electrons. The molecule has 0 atom stereocenters. The van der Waals surface area contributed by atoms with E-state index in [4.69, 9.17) is 19.4 Å². The van der Waals surface area contributed by atoms with Gasteiger partial charge in [0.05, 0.1) is 17.1 Å². The smallest absolute Gasteiger partial charge is 0.161 e. The third-order valence-corrected chi connectivity index (χ3v) is 11.5. The standard InChI is InChI=1S/C52H35N3O/c1-52(2)43-21-10-8-17-38(43)39-28-27-37(30-44(39)52)51-53-45(31-46(54-51)36-16-12-15-35(29-36)32-13-4-3-5-14-32)33-23-25-34(26-24-33)48-40-18-6-7-19-41(40)50-49(55-48)42-20-9-11-22-47(42)56-50/h3-31H,1-2H3. The molecular weight excluding hydrogens is 683 g/mol. The van der Waals surface area contributed by atoms with Crippen molar-refractivity contribution in [1.82, 2.24) is 15.0 Å². The van der Waals surface area contributed by atoms with Crippen molar-refractivity contribution >= 4 is 32.8 Å². The highest BCUT2D eigenvalue weighted by Gasteiger charge is 2.35. The third kappa shape index (κ3) is 5.10. The molecule has 0 saturated heterocycles. The molecule has 0 bridgehead atoms. The van der Waals surface area contributed by atoms with Gasteiger partial charge in [0, 0.05) is 43.8 Å². The molecule has 10 aromatic rings. The number of rotatable bonds is 5. The zero-order valence-electron chi connectivity index (χ0n) is 31.0. The molecule has 4 nitrogen and oxygen atoms in total. The Morgan fingerprint density at radius 3 is 1.88 bits per heavy atom. The van der Waals surface area contributed by atoms with Gasteiger partial charge >= 0.3 is 0 Å². The number of furan rings is 1. The minimum Gasteiger partial charge on any atom is -0.454 e. The lowest BCUT2D eigenvalue weighted by Gasteiger charge is -2.21. The summed E-state index contributed by atoms with van der Waals surface area (Å²) in [5.74, 6) is 0.700. The fourth-order valence-corrected chi connectivity index (χ4v) is 8.61. The summed E-state index contributed by atoms with van der Waals surface area (Å²) in [7, 11) is 0. The van der Waals surface area contributed by atoms with Crippen LogP contribution >= 0.6 is 0 Å². The lowest BCUT2D eigenvalue weighted by atomic mass is 9.82. The molecule has 4 heteroatoms. The van der Waals surface area contributed by atoms with Crippen LogP contribution in [0.4, 0.5) is 0 Å². The molecule has 1 aliphatic rings. The van der Waals surface area contributed by atoms with Gasteiger partial charge in [0.2, 0.25) is 0 Å². The van der Waals surface area contributed by atoms with Crippen molar-refractivity contribution in [2.75, 3.05) is 0 Å². The summed E-state index contributed by atoms with van der Waals surface area (Å²) in [5.41, 5.74) is 16.7. The molecule has 1 aliphatic carbocycles. The maximum absolute atomic E-state index is 6.34. The number of fused-ring (bicyclic) bond motifs is 8. The van der Waals surface area contributed by atoms with Gasteiger partial charge in [-0.1, -0.05) is 159 Å². The summed E-state index contributed by atoms with van der Waals surface area (Å²) in [6.07, 6.45) is 0. The molecule has 0 spiro atoms. The Hall–Kier alpha value is -7.17. The molecule has 0 fully saturated rings. The first-order valence-electron chi connectivity index (χ1n) is 19.1. The van der Waals surface area contributed by atoms with E-state index in [0.717, 1.165) is 77.7 Å². The predicted octanol–water partition coefficient (Wildman–Crippen LogP) is 13.6. The number of nitrogens with zero attached hydrogens (tertiary/aromatic N) is 3. The van der Waals surface area contributed by atoms with E-state index in [1.54, 1.807) is 0 Å². The van der Waals surface area contributed by atoms with Crippen molar-refractivity contribution in [2.24, 2.45) is 0 Å². The number of aromatic nitrogens is 3. The van der Waals surface area contributed by atoms with E-state index in [2.05, 4.69) is 166 Å². The number of pyridine rings is 1. The zero-order chi connectivity index (χ0) is 37.4. The Balaban J connectivity index is 1.05. The van der Waals surface area contributed by atoms with Crippen LogP contribution in [0.3, 0.4) is 0 Å². The van der Waals surface area contributed by atoms with Crippen LogP contribution in [0, 0.1) is 0 Å². The molecule has 0 amide bonds. The average Bonchev–Trinajstić information content (AvgIpc) is 3.75. The van der Waals surface area contributed by atoms with Crippen LogP contribution in [-0.2, 0) is 5.41 Å². The van der Waals surface area contributed by atoms with E-state index >= 15 is 0 Å². The molecule has 7 aromatic carbocycles. The quantitative estimate of drug-likeness (QED) is 0.178. The van der Waals surface area contributed by atoms with E-state index in [1.165, 1.54) is 27.8 Å². The van der Waals surface area contributed by atoms with E-state index < -0.39 is 0 Å². The minimum absolute atomic E-state index is 0.133. The molecule has 0 saturated carbocycles. The molecule has 264 valence electrons. The maximum Gasteiger partial charge on any atom is 0.161 e. The Morgan fingerprint density at radius 2 is 1.04 bits per heavy atom. The summed E-state index contributed by atoms with van der Waals surface area (Å²) < 4.78 is 6.34. The number of hydrogen-bond donors (Lipinski definition) is 0. The Labute approximate surface area is 324 Å². The van der Waals surface area contributed by atoms with Crippen molar-refractivity contribution in [2.45, 2.75) is 19.3 Å². The van der Waals surface area contributed by atoms with Gasteiger partial charge in [-0.3, -0.25) is 0 Å². The topological polar surface area (TPSA) is 51.8 Å². The summed E-state index contributed by atoms with van der Waals surface area (Å²) in [6, 6.07) is 61.8. The van der Waals surface area contributed by atoms with Crippen molar-refractivity contribution in [3.05, 3.63) is 187 Å². The molecule has 3 aromatic heterocycles. The Kier molecular flexibility index (Phi) is 7.17. The van der Waals surface area contributed by atoms with Gasteiger partial charge < -0.3 is 4.42 Å². The lowest BCUT2D eigenvalue weighted by Crippen LogP contribution is -2.15. The Bertz CT molecular complexity index is 3160. The monoisotopic (exact) mass is 717 g/mol. The van der Waals surface area contributed by atoms with Gasteiger partial charge in [0.25, 0.3) is 0 Å². The first kappa shape index (κ1) is 32.3. The van der Waals surface area contributed by atoms with Gasteiger partial charge in [0.1, 0.15) is 11.1 Å². The second-order valence-corrected chi connectivity index (χ2v) is 15.2. The van der Waals surface area contributed by atoms with Crippen molar-refractivity contribution in [3.8, 4) is 67.4 Å². The maximum atomic E-state index is 6.34. The van der Waals surface area contributed by atoms with Crippen molar-refractivity contribution in [3.63, 3.8) is 0 Å². The SMILES string of the molecule is CC1(C)c2ccccc2-c2ccc(-c3nc(-c4ccc(-c5nc6c7ccccc7oc6c6ccccc56)cc4)cc(-c4cccc(-c5ccccc5)c4)n3)cc21. The molecule has 56 heavy (non-hydrogen) atoms. The highest BCUT2D eigenvalue weighted by atomic mass is 16.3. The van der Waals surface area contributed by atoms with Gasteiger partial charge in [-0.25, -0.2) is 15.0 Å². The van der Waals surface area contributed by atoms with Crippen LogP contribution in [0.25, 0.3) is 100 Å².